The zero-order valence-corrected chi connectivity index (χ0v) is 21.2. The third-order valence-corrected chi connectivity index (χ3v) is 6.45. The van der Waals surface area contributed by atoms with Crippen molar-refractivity contribution in [2.75, 3.05) is 33.7 Å². The third-order valence-electron chi connectivity index (χ3n) is 6.45. The molecule has 3 heterocycles. The summed E-state index contributed by atoms with van der Waals surface area (Å²) in [6.45, 7) is 13.3. The number of benzene rings is 1. The first-order valence-electron chi connectivity index (χ1n) is 11.9. The molecule has 0 unspecified atom stereocenters. The molecular weight excluding hydrogens is 456 g/mol. The topological polar surface area (TPSA) is 96.5 Å². The highest BCUT2D eigenvalue weighted by atomic mass is 16.3. The zero-order valence-electron chi connectivity index (χ0n) is 21.2. The van der Waals surface area contributed by atoms with Crippen LogP contribution in [0.3, 0.4) is 0 Å². The molecule has 1 aliphatic rings. The van der Waals surface area contributed by atoms with Gasteiger partial charge in [-0.2, -0.15) is 0 Å². The van der Waals surface area contributed by atoms with Crippen molar-refractivity contribution in [3.63, 3.8) is 0 Å². The number of carbonyl (C=O) groups is 1. The number of hydrogen-bond acceptors (Lipinski definition) is 6. The van der Waals surface area contributed by atoms with Crippen LogP contribution in [0.15, 0.2) is 42.2 Å². The number of hydrogen-bond donors (Lipinski definition) is 1. The maximum atomic E-state index is 14.1. The molecule has 9 heteroatoms. The van der Waals surface area contributed by atoms with Gasteiger partial charge in [-0.3, -0.25) is 14.2 Å². The molecule has 1 amide bonds. The lowest BCUT2D eigenvalue weighted by Crippen LogP contribution is -2.48. The molecule has 0 radical (unpaired) electrons. The van der Waals surface area contributed by atoms with Crippen LogP contribution in [0.5, 0.6) is 5.75 Å². The SMILES string of the molecule is C=CC(=O)N1CC(c2nc3nc(C)n(-c4cc(O)cc(C=C)c4/C=C\C)c(=O)c3n2CCN(C)C)C1. The number of rotatable bonds is 8. The average Bonchev–Trinajstić information content (AvgIpc) is 3.15. The Morgan fingerprint density at radius 3 is 2.58 bits per heavy atom. The van der Waals surface area contributed by atoms with Gasteiger partial charge in [0.05, 0.1) is 11.6 Å². The number of aromatic hydroxyl groups is 1. The second-order valence-corrected chi connectivity index (χ2v) is 9.21. The molecule has 0 saturated carbocycles. The molecule has 2 aromatic heterocycles. The van der Waals surface area contributed by atoms with Crippen molar-refractivity contribution < 1.29 is 9.90 Å². The van der Waals surface area contributed by atoms with Gasteiger partial charge in [0.15, 0.2) is 11.2 Å². The molecule has 1 aliphatic heterocycles. The number of nitrogens with zero attached hydrogens (tertiary/aromatic N) is 6. The van der Waals surface area contributed by atoms with Gasteiger partial charge in [0, 0.05) is 37.8 Å². The molecule has 1 fully saturated rings. The molecule has 1 N–H and O–H groups in total. The van der Waals surface area contributed by atoms with E-state index in [0.29, 0.717) is 54.4 Å². The second kappa shape index (κ2) is 9.94. The van der Waals surface area contributed by atoms with E-state index < -0.39 is 0 Å². The molecule has 188 valence electrons. The molecule has 1 aromatic carbocycles. The molecule has 36 heavy (non-hydrogen) atoms. The summed E-state index contributed by atoms with van der Waals surface area (Å²) >= 11 is 0. The summed E-state index contributed by atoms with van der Waals surface area (Å²) in [7, 11) is 3.94. The molecule has 0 bridgehead atoms. The predicted octanol–water partition coefficient (Wildman–Crippen LogP) is 2.95. The van der Waals surface area contributed by atoms with Crippen molar-refractivity contribution in [1.82, 2.24) is 28.9 Å². The molecule has 0 spiro atoms. The highest BCUT2D eigenvalue weighted by Crippen LogP contribution is 2.30. The fourth-order valence-corrected chi connectivity index (χ4v) is 4.62. The number of phenolic OH excluding ortho intramolecular Hbond substituents is 1. The maximum absolute atomic E-state index is 14.1. The first-order valence-corrected chi connectivity index (χ1v) is 11.9. The van der Waals surface area contributed by atoms with Crippen molar-refractivity contribution in [3.8, 4) is 11.4 Å². The number of likely N-dealkylation sites (tertiary alicyclic amines) is 1. The van der Waals surface area contributed by atoms with Gasteiger partial charge in [0.25, 0.3) is 5.56 Å². The lowest BCUT2D eigenvalue weighted by molar-refractivity contribution is -0.130. The van der Waals surface area contributed by atoms with E-state index >= 15 is 0 Å². The first-order chi connectivity index (χ1) is 17.2. The minimum Gasteiger partial charge on any atom is -0.508 e. The highest BCUT2D eigenvalue weighted by Gasteiger charge is 2.35. The Morgan fingerprint density at radius 1 is 1.25 bits per heavy atom. The van der Waals surface area contributed by atoms with E-state index in [9.17, 15) is 14.7 Å². The van der Waals surface area contributed by atoms with Crippen LogP contribution in [0.4, 0.5) is 0 Å². The summed E-state index contributed by atoms with van der Waals surface area (Å²) in [5.41, 5.74) is 2.51. The molecule has 3 aromatic rings. The summed E-state index contributed by atoms with van der Waals surface area (Å²) in [6, 6.07) is 3.18. The molecule has 1 saturated heterocycles. The average molecular weight is 489 g/mol. The fourth-order valence-electron chi connectivity index (χ4n) is 4.62. The smallest absolute Gasteiger partial charge is 0.284 e. The monoisotopic (exact) mass is 488 g/mol. The number of imidazole rings is 1. The maximum Gasteiger partial charge on any atom is 0.284 e. The lowest BCUT2D eigenvalue weighted by Gasteiger charge is -2.38. The van der Waals surface area contributed by atoms with Crippen LogP contribution < -0.4 is 5.56 Å². The van der Waals surface area contributed by atoms with E-state index in [0.717, 1.165) is 11.4 Å². The predicted molar refractivity (Wildman–Crippen MR) is 142 cm³/mol. The highest BCUT2D eigenvalue weighted by molar-refractivity contribution is 5.87. The van der Waals surface area contributed by atoms with Crippen molar-refractivity contribution >= 4 is 29.2 Å². The van der Waals surface area contributed by atoms with Gasteiger partial charge < -0.3 is 19.5 Å². The number of aryl methyl sites for hydroxylation is 1. The van der Waals surface area contributed by atoms with Crippen molar-refractivity contribution in [2.45, 2.75) is 26.3 Å². The molecule has 0 aliphatic carbocycles. The fraction of sp³-hybridized carbons (Fsp3) is 0.333. The summed E-state index contributed by atoms with van der Waals surface area (Å²) < 4.78 is 3.46. The van der Waals surface area contributed by atoms with Crippen LogP contribution in [0.2, 0.25) is 0 Å². The Balaban J connectivity index is 1.94. The third kappa shape index (κ3) is 4.37. The number of carbonyl (C=O) groups excluding carboxylic acids is 1. The molecular formula is C27H32N6O3. The van der Waals surface area contributed by atoms with E-state index in [1.807, 2.05) is 42.6 Å². The van der Waals surface area contributed by atoms with E-state index in [1.54, 1.807) is 30.0 Å². The Morgan fingerprint density at radius 2 is 1.97 bits per heavy atom. The Hall–Kier alpha value is -3.98. The number of allylic oxidation sites excluding steroid dienone is 1. The van der Waals surface area contributed by atoms with Crippen LogP contribution in [0, 0.1) is 6.92 Å². The molecule has 4 rings (SSSR count). The van der Waals surface area contributed by atoms with Crippen LogP contribution in [-0.2, 0) is 11.3 Å². The van der Waals surface area contributed by atoms with Gasteiger partial charge in [0.1, 0.15) is 17.4 Å². The van der Waals surface area contributed by atoms with Gasteiger partial charge in [-0.05, 0) is 45.6 Å². The van der Waals surface area contributed by atoms with Crippen LogP contribution in [0.1, 0.15) is 35.6 Å². The molecule has 9 nitrogen and oxygen atoms in total. The van der Waals surface area contributed by atoms with Crippen molar-refractivity contribution in [2.24, 2.45) is 0 Å². The Kier molecular flexibility index (Phi) is 6.94. The Labute approximate surface area is 210 Å². The zero-order chi connectivity index (χ0) is 26.1. The Bertz CT molecular complexity index is 1440. The van der Waals surface area contributed by atoms with Gasteiger partial charge in [-0.25, -0.2) is 9.97 Å². The quantitative estimate of drug-likeness (QED) is 0.490. The van der Waals surface area contributed by atoms with E-state index in [2.05, 4.69) is 13.2 Å². The van der Waals surface area contributed by atoms with Gasteiger partial charge in [-0.15, -0.1) is 0 Å². The lowest BCUT2D eigenvalue weighted by atomic mass is 9.99. The number of aromatic nitrogens is 4. The minimum atomic E-state index is -0.264. The number of fused-ring (bicyclic) bond motifs is 1. The van der Waals surface area contributed by atoms with Gasteiger partial charge in [-0.1, -0.05) is 31.4 Å². The largest absolute Gasteiger partial charge is 0.508 e. The molecule has 0 atom stereocenters. The number of likely N-dealkylation sites (N-methyl/N-ethyl adjacent to an activating group) is 1. The minimum absolute atomic E-state index is 0.00476. The van der Waals surface area contributed by atoms with Gasteiger partial charge in [0.2, 0.25) is 5.91 Å². The van der Waals surface area contributed by atoms with Gasteiger partial charge >= 0.3 is 0 Å². The first kappa shape index (κ1) is 25.1. The van der Waals surface area contributed by atoms with Crippen molar-refractivity contribution in [1.29, 1.82) is 0 Å². The standard InChI is InChI=1S/C27H32N6O3/c1-7-10-21-18(8-2)13-20(34)14-22(21)33-17(4)28-25-24(27(33)36)32(12-11-30(5)6)26(29-25)19-15-31(16-19)23(35)9-3/h7-10,13-14,19,34H,2-3,11-12,15-16H2,1,4-6H3/b10-7-. The van der Waals surface area contributed by atoms with Crippen LogP contribution >= 0.6 is 0 Å². The number of phenols is 1. The van der Waals surface area contributed by atoms with Crippen LogP contribution in [0.25, 0.3) is 29.0 Å². The second-order valence-electron chi connectivity index (χ2n) is 9.21. The summed E-state index contributed by atoms with van der Waals surface area (Å²) in [6.07, 6.45) is 6.72. The normalized spacial score (nSPS) is 14.1. The summed E-state index contributed by atoms with van der Waals surface area (Å²) in [4.78, 5) is 39.3. The van der Waals surface area contributed by atoms with Crippen LogP contribution in [-0.4, -0.2) is 73.6 Å². The van der Waals surface area contributed by atoms with E-state index in [4.69, 9.17) is 9.97 Å². The number of amides is 1. The summed E-state index contributed by atoms with van der Waals surface area (Å²) in [5, 5.41) is 10.4. The van der Waals surface area contributed by atoms with E-state index in [-0.39, 0.29) is 23.1 Å². The van der Waals surface area contributed by atoms with E-state index in [1.165, 1.54) is 10.6 Å². The summed E-state index contributed by atoms with van der Waals surface area (Å²) in [5.74, 6) is 1.13. The van der Waals surface area contributed by atoms with Crippen molar-refractivity contribution in [3.05, 3.63) is 70.6 Å².